The van der Waals surface area contributed by atoms with Gasteiger partial charge in [-0.15, -0.1) is 0 Å². The monoisotopic (exact) mass is 463 g/mol. The van der Waals surface area contributed by atoms with Gasteiger partial charge in [0.15, 0.2) is 0 Å². The second-order valence-corrected chi connectivity index (χ2v) is 8.67. The summed E-state index contributed by atoms with van der Waals surface area (Å²) in [6, 6.07) is 13.4. The van der Waals surface area contributed by atoms with Crippen molar-refractivity contribution in [2.24, 2.45) is 0 Å². The van der Waals surface area contributed by atoms with Crippen molar-refractivity contribution in [3.63, 3.8) is 0 Å². The number of rotatable bonds is 7. The lowest BCUT2D eigenvalue weighted by molar-refractivity contribution is 0.0769. The largest absolute Gasteiger partial charge is 0.450 e. The van der Waals surface area contributed by atoms with Crippen LogP contribution in [0.2, 0.25) is 0 Å². The highest BCUT2D eigenvalue weighted by atomic mass is 16.6. The summed E-state index contributed by atoms with van der Waals surface area (Å²) in [5.74, 6) is 0.871. The predicted octanol–water partition coefficient (Wildman–Crippen LogP) is 4.28. The molecule has 0 spiro atoms. The standard InChI is InChI=1S/C26H33N5O3/c1-4-12-31-23-11-10-21(27-25(32)20-8-6-19(3)7-9-20)17-22(23)28-24(31)18-29-13-15-30(16-14-29)26(33)34-5-2/h6-11,17H,4-5,12-16,18H2,1-3H3,(H,27,32). The molecule has 34 heavy (non-hydrogen) atoms. The van der Waals surface area contributed by atoms with Crippen LogP contribution in [0, 0.1) is 6.92 Å². The molecule has 2 aromatic carbocycles. The van der Waals surface area contributed by atoms with Gasteiger partial charge in [-0.25, -0.2) is 9.78 Å². The van der Waals surface area contributed by atoms with Gasteiger partial charge in [0.2, 0.25) is 0 Å². The van der Waals surface area contributed by atoms with Crippen molar-refractivity contribution in [2.75, 3.05) is 38.1 Å². The van der Waals surface area contributed by atoms with E-state index in [1.54, 1.807) is 4.90 Å². The Morgan fingerprint density at radius 2 is 1.76 bits per heavy atom. The maximum absolute atomic E-state index is 12.6. The zero-order chi connectivity index (χ0) is 24.1. The quantitative estimate of drug-likeness (QED) is 0.566. The van der Waals surface area contributed by atoms with Crippen LogP contribution in [0.1, 0.15) is 42.0 Å². The molecule has 0 saturated carbocycles. The number of carbonyl (C=O) groups excluding carboxylic acids is 2. The number of hydrogen-bond donors (Lipinski definition) is 1. The van der Waals surface area contributed by atoms with E-state index in [1.165, 1.54) is 0 Å². The van der Waals surface area contributed by atoms with Crippen molar-refractivity contribution >= 4 is 28.7 Å². The molecule has 8 heteroatoms. The minimum atomic E-state index is -0.236. The van der Waals surface area contributed by atoms with E-state index in [-0.39, 0.29) is 12.0 Å². The molecule has 1 aromatic heterocycles. The van der Waals surface area contributed by atoms with E-state index < -0.39 is 0 Å². The number of fused-ring (bicyclic) bond motifs is 1. The molecule has 1 N–H and O–H groups in total. The first-order valence-corrected chi connectivity index (χ1v) is 12.0. The van der Waals surface area contributed by atoms with Gasteiger partial charge in [-0.1, -0.05) is 24.6 Å². The van der Waals surface area contributed by atoms with Crippen molar-refractivity contribution in [3.8, 4) is 0 Å². The molecule has 2 heterocycles. The van der Waals surface area contributed by atoms with Crippen molar-refractivity contribution in [3.05, 3.63) is 59.4 Å². The van der Waals surface area contributed by atoms with Gasteiger partial charge in [0.1, 0.15) is 5.82 Å². The lowest BCUT2D eigenvalue weighted by atomic mass is 10.1. The van der Waals surface area contributed by atoms with Crippen molar-refractivity contribution in [1.82, 2.24) is 19.4 Å². The van der Waals surface area contributed by atoms with E-state index >= 15 is 0 Å². The maximum atomic E-state index is 12.6. The van der Waals surface area contributed by atoms with Gasteiger partial charge in [-0.2, -0.15) is 0 Å². The molecule has 4 rings (SSSR count). The molecule has 3 aromatic rings. The fourth-order valence-electron chi connectivity index (χ4n) is 4.26. The Kier molecular flexibility index (Phi) is 7.47. The Morgan fingerprint density at radius 1 is 1.03 bits per heavy atom. The van der Waals surface area contributed by atoms with Crippen LogP contribution < -0.4 is 5.32 Å². The van der Waals surface area contributed by atoms with Crippen LogP contribution in [0.5, 0.6) is 0 Å². The third kappa shape index (κ3) is 5.39. The molecule has 1 aliphatic heterocycles. The minimum Gasteiger partial charge on any atom is -0.450 e. The summed E-state index contributed by atoms with van der Waals surface area (Å²) in [4.78, 5) is 33.6. The van der Waals surface area contributed by atoms with E-state index in [0.29, 0.717) is 25.3 Å². The first-order chi connectivity index (χ1) is 16.5. The lowest BCUT2D eigenvalue weighted by Gasteiger charge is -2.33. The fraction of sp³-hybridized carbons (Fsp3) is 0.423. The summed E-state index contributed by atoms with van der Waals surface area (Å²) >= 11 is 0. The topological polar surface area (TPSA) is 79.7 Å². The van der Waals surface area contributed by atoms with Crippen LogP contribution in [0.4, 0.5) is 10.5 Å². The van der Waals surface area contributed by atoms with E-state index in [2.05, 4.69) is 21.7 Å². The minimum absolute atomic E-state index is 0.132. The highest BCUT2D eigenvalue weighted by Crippen LogP contribution is 2.23. The summed E-state index contributed by atoms with van der Waals surface area (Å²) in [7, 11) is 0. The van der Waals surface area contributed by atoms with Gasteiger partial charge in [0, 0.05) is 44.0 Å². The summed E-state index contributed by atoms with van der Waals surface area (Å²) < 4.78 is 7.38. The third-order valence-electron chi connectivity index (χ3n) is 6.11. The van der Waals surface area contributed by atoms with Gasteiger partial charge in [0.05, 0.1) is 24.2 Å². The second kappa shape index (κ2) is 10.7. The number of benzene rings is 2. The number of amides is 2. The van der Waals surface area contributed by atoms with Crippen LogP contribution >= 0.6 is 0 Å². The average molecular weight is 464 g/mol. The highest BCUT2D eigenvalue weighted by Gasteiger charge is 2.23. The molecule has 1 saturated heterocycles. The average Bonchev–Trinajstić information content (AvgIpc) is 3.16. The molecule has 2 amide bonds. The molecule has 1 fully saturated rings. The predicted molar refractivity (Wildman–Crippen MR) is 133 cm³/mol. The zero-order valence-electron chi connectivity index (χ0n) is 20.2. The zero-order valence-corrected chi connectivity index (χ0v) is 20.2. The number of anilines is 1. The number of carbonyl (C=O) groups is 2. The van der Waals surface area contributed by atoms with Crippen molar-refractivity contribution in [1.29, 1.82) is 0 Å². The Bertz CT molecular complexity index is 1150. The van der Waals surface area contributed by atoms with Crippen LogP contribution in [0.3, 0.4) is 0 Å². The number of aryl methyl sites for hydroxylation is 2. The number of imidazole rings is 1. The van der Waals surface area contributed by atoms with Crippen molar-refractivity contribution < 1.29 is 14.3 Å². The number of hydrogen-bond acceptors (Lipinski definition) is 5. The van der Waals surface area contributed by atoms with E-state index in [1.807, 2.05) is 56.3 Å². The molecule has 8 nitrogen and oxygen atoms in total. The lowest BCUT2D eigenvalue weighted by Crippen LogP contribution is -2.48. The molecular formula is C26H33N5O3. The molecule has 0 aliphatic carbocycles. The fourth-order valence-corrected chi connectivity index (χ4v) is 4.26. The number of ether oxygens (including phenoxy) is 1. The highest BCUT2D eigenvalue weighted by molar-refractivity contribution is 6.05. The van der Waals surface area contributed by atoms with Gasteiger partial charge in [0.25, 0.3) is 5.91 Å². The summed E-state index contributed by atoms with van der Waals surface area (Å²) in [6.45, 7) is 10.9. The third-order valence-corrected chi connectivity index (χ3v) is 6.11. The summed E-state index contributed by atoms with van der Waals surface area (Å²) in [5.41, 5.74) is 4.42. The molecule has 0 bridgehead atoms. The molecule has 0 unspecified atom stereocenters. The number of nitrogens with one attached hydrogen (secondary N) is 1. The molecule has 180 valence electrons. The second-order valence-electron chi connectivity index (χ2n) is 8.67. The summed E-state index contributed by atoms with van der Waals surface area (Å²) in [6.07, 6.45) is 0.765. The van der Waals surface area contributed by atoms with E-state index in [0.717, 1.165) is 60.7 Å². The van der Waals surface area contributed by atoms with Crippen molar-refractivity contribution in [2.45, 2.75) is 40.3 Å². The number of piperazine rings is 1. The summed E-state index contributed by atoms with van der Waals surface area (Å²) in [5, 5.41) is 2.99. The van der Waals surface area contributed by atoms with Crippen LogP contribution in [-0.2, 0) is 17.8 Å². The number of aromatic nitrogens is 2. The normalized spacial score (nSPS) is 14.4. The van der Waals surface area contributed by atoms with Gasteiger partial charge < -0.3 is 19.5 Å². The maximum Gasteiger partial charge on any atom is 0.409 e. The van der Waals surface area contributed by atoms with Gasteiger partial charge in [-0.3, -0.25) is 9.69 Å². The van der Waals surface area contributed by atoms with Crippen LogP contribution in [-0.4, -0.2) is 64.1 Å². The van der Waals surface area contributed by atoms with E-state index in [9.17, 15) is 9.59 Å². The molecular weight excluding hydrogens is 430 g/mol. The Hall–Kier alpha value is -3.39. The smallest absolute Gasteiger partial charge is 0.409 e. The Labute approximate surface area is 200 Å². The van der Waals surface area contributed by atoms with Crippen LogP contribution in [0.15, 0.2) is 42.5 Å². The number of nitrogens with zero attached hydrogens (tertiary/aromatic N) is 4. The molecule has 0 atom stereocenters. The van der Waals surface area contributed by atoms with Gasteiger partial charge in [-0.05, 0) is 50.6 Å². The molecule has 0 radical (unpaired) electrons. The molecule has 1 aliphatic rings. The van der Waals surface area contributed by atoms with Gasteiger partial charge >= 0.3 is 6.09 Å². The first-order valence-electron chi connectivity index (χ1n) is 12.0. The Balaban J connectivity index is 1.48. The van der Waals surface area contributed by atoms with Crippen LogP contribution in [0.25, 0.3) is 11.0 Å². The SMILES string of the molecule is CCCn1c(CN2CCN(C(=O)OCC)CC2)nc2cc(NC(=O)c3ccc(C)cc3)ccc21. The first kappa shape index (κ1) is 23.8. The van der Waals surface area contributed by atoms with E-state index in [4.69, 9.17) is 9.72 Å². The Morgan fingerprint density at radius 3 is 2.44 bits per heavy atom.